The van der Waals surface area contributed by atoms with Crippen molar-refractivity contribution in [1.82, 2.24) is 9.19 Å². The second kappa shape index (κ2) is 5.90. The summed E-state index contributed by atoms with van der Waals surface area (Å²) >= 11 is 5.92. The summed E-state index contributed by atoms with van der Waals surface area (Å²) in [5.74, 6) is -2.80. The van der Waals surface area contributed by atoms with Crippen LogP contribution in [0.5, 0.6) is 0 Å². The minimum Gasteiger partial charge on any atom is -0.325 e. The molecule has 0 spiro atoms. The average molecular weight is 412 g/mol. The van der Waals surface area contributed by atoms with Gasteiger partial charge in [-0.3, -0.25) is 0 Å². The van der Waals surface area contributed by atoms with Crippen LogP contribution >= 0.6 is 11.6 Å². The third-order valence-corrected chi connectivity index (χ3v) is 7.30. The molecule has 0 saturated heterocycles. The Morgan fingerprint density at radius 1 is 1.22 bits per heavy atom. The molecule has 0 unspecified atom stereocenters. The van der Waals surface area contributed by atoms with Gasteiger partial charge in [0.25, 0.3) is 15.9 Å². The SMILES string of the molecule is C[C@@]1(S(=O)(=O)n2nc(N3C=CC(F)(F)C3)c3ccccc32)C=CC(Cl)=CC1. The molecule has 0 N–H and O–H groups in total. The van der Waals surface area contributed by atoms with Gasteiger partial charge in [-0.1, -0.05) is 35.9 Å². The van der Waals surface area contributed by atoms with Crippen molar-refractivity contribution in [2.24, 2.45) is 0 Å². The van der Waals surface area contributed by atoms with E-state index in [0.29, 0.717) is 15.9 Å². The predicted molar refractivity (Wildman–Crippen MR) is 102 cm³/mol. The maximum absolute atomic E-state index is 13.6. The van der Waals surface area contributed by atoms with Crippen LogP contribution in [0.25, 0.3) is 10.9 Å². The molecule has 2 heterocycles. The van der Waals surface area contributed by atoms with Crippen molar-refractivity contribution in [3.63, 3.8) is 0 Å². The standard InChI is InChI=1S/C18H16ClF2N3O2S/c1-17(8-6-13(19)7-9-17)27(25,26)24-15-5-3-2-4-14(15)16(22-24)23-11-10-18(20,21)12-23/h2-8,10-11H,9,12H2,1H3/t17-/m1/s1. The van der Waals surface area contributed by atoms with E-state index in [1.807, 2.05) is 0 Å². The zero-order valence-electron chi connectivity index (χ0n) is 14.3. The highest BCUT2D eigenvalue weighted by molar-refractivity contribution is 7.91. The molecule has 1 aliphatic heterocycles. The number of halogens is 3. The summed E-state index contributed by atoms with van der Waals surface area (Å²) in [6.45, 7) is 1.00. The van der Waals surface area contributed by atoms with Crippen LogP contribution in [0.3, 0.4) is 0 Å². The zero-order chi connectivity index (χ0) is 19.4. The van der Waals surface area contributed by atoms with Gasteiger partial charge in [0, 0.05) is 22.7 Å². The van der Waals surface area contributed by atoms with Gasteiger partial charge in [-0.2, -0.15) is 12.9 Å². The second-order valence-electron chi connectivity index (χ2n) is 6.83. The van der Waals surface area contributed by atoms with Crippen molar-refractivity contribution < 1.29 is 17.2 Å². The van der Waals surface area contributed by atoms with E-state index in [0.717, 1.165) is 10.2 Å². The summed E-state index contributed by atoms with van der Waals surface area (Å²) in [6.07, 6.45) is 6.92. The molecule has 27 heavy (non-hydrogen) atoms. The number of para-hydroxylation sites is 1. The molecule has 2 aromatic rings. The van der Waals surface area contributed by atoms with E-state index in [-0.39, 0.29) is 12.2 Å². The molecule has 142 valence electrons. The van der Waals surface area contributed by atoms with Gasteiger partial charge in [0.2, 0.25) is 0 Å². The smallest absolute Gasteiger partial charge is 0.285 e. The van der Waals surface area contributed by atoms with Crippen LogP contribution in [0.1, 0.15) is 13.3 Å². The molecule has 1 atom stereocenters. The quantitative estimate of drug-likeness (QED) is 0.765. The number of aromatic nitrogens is 2. The number of anilines is 1. The van der Waals surface area contributed by atoms with Crippen LogP contribution in [-0.2, 0) is 10.0 Å². The largest absolute Gasteiger partial charge is 0.325 e. The van der Waals surface area contributed by atoms with Crippen LogP contribution in [0, 0.1) is 0 Å². The fraction of sp³-hybridized carbons (Fsp3) is 0.278. The Morgan fingerprint density at radius 3 is 2.59 bits per heavy atom. The molecule has 0 radical (unpaired) electrons. The van der Waals surface area contributed by atoms with Crippen LogP contribution in [0.4, 0.5) is 14.6 Å². The number of fused-ring (bicyclic) bond motifs is 1. The lowest BCUT2D eigenvalue weighted by Gasteiger charge is -2.27. The van der Waals surface area contributed by atoms with Crippen LogP contribution in [-0.4, -0.2) is 34.8 Å². The number of rotatable bonds is 3. The summed E-state index contributed by atoms with van der Waals surface area (Å²) in [5.41, 5.74) is 0.339. The van der Waals surface area contributed by atoms with Crippen LogP contribution in [0.15, 0.2) is 59.8 Å². The van der Waals surface area contributed by atoms with Crippen molar-refractivity contribution in [3.05, 3.63) is 59.8 Å². The summed E-state index contributed by atoms with van der Waals surface area (Å²) in [6, 6.07) is 6.68. The van der Waals surface area contributed by atoms with Crippen molar-refractivity contribution >= 4 is 38.3 Å². The Morgan fingerprint density at radius 2 is 1.96 bits per heavy atom. The number of alkyl halides is 2. The molecule has 1 aromatic carbocycles. The molecule has 1 aromatic heterocycles. The molecule has 0 amide bonds. The lowest BCUT2D eigenvalue weighted by molar-refractivity contribution is 0.0728. The Labute approximate surface area is 160 Å². The highest BCUT2D eigenvalue weighted by Crippen LogP contribution is 2.37. The monoisotopic (exact) mass is 411 g/mol. The van der Waals surface area contributed by atoms with Crippen molar-refractivity contribution in [1.29, 1.82) is 0 Å². The number of allylic oxidation sites excluding steroid dienone is 3. The minimum atomic E-state index is -3.97. The maximum atomic E-state index is 13.6. The molecule has 0 bridgehead atoms. The van der Waals surface area contributed by atoms with E-state index < -0.39 is 27.2 Å². The van der Waals surface area contributed by atoms with Gasteiger partial charge in [-0.05, 0) is 31.6 Å². The predicted octanol–water partition coefficient (Wildman–Crippen LogP) is 4.02. The molecule has 5 nitrogen and oxygen atoms in total. The zero-order valence-corrected chi connectivity index (χ0v) is 15.9. The first-order valence-electron chi connectivity index (χ1n) is 8.25. The lowest BCUT2D eigenvalue weighted by Crippen LogP contribution is -2.39. The normalized spacial score (nSPS) is 24.6. The fourth-order valence-electron chi connectivity index (χ4n) is 3.18. The molecule has 2 aliphatic rings. The van der Waals surface area contributed by atoms with Crippen molar-refractivity contribution in [3.8, 4) is 0 Å². The minimum absolute atomic E-state index is 0.180. The molecule has 9 heteroatoms. The van der Waals surface area contributed by atoms with E-state index >= 15 is 0 Å². The molecule has 1 aliphatic carbocycles. The topological polar surface area (TPSA) is 55.2 Å². The Kier molecular flexibility index (Phi) is 3.98. The summed E-state index contributed by atoms with van der Waals surface area (Å²) in [5, 5.41) is 5.19. The number of hydrogen-bond donors (Lipinski definition) is 0. The second-order valence-corrected chi connectivity index (χ2v) is 9.50. The molecule has 4 rings (SSSR count). The Hall–Kier alpha value is -2.19. The first kappa shape index (κ1) is 18.2. The van der Waals surface area contributed by atoms with Gasteiger partial charge in [-0.25, -0.2) is 8.42 Å². The van der Waals surface area contributed by atoms with Gasteiger partial charge in [0.15, 0.2) is 5.82 Å². The van der Waals surface area contributed by atoms with E-state index in [2.05, 4.69) is 5.10 Å². The average Bonchev–Trinajstić information content (AvgIpc) is 3.18. The number of benzene rings is 1. The summed E-state index contributed by atoms with van der Waals surface area (Å²) in [7, 11) is -3.97. The number of hydrogen-bond acceptors (Lipinski definition) is 4. The van der Waals surface area contributed by atoms with Gasteiger partial charge in [0.1, 0.15) is 4.75 Å². The number of nitrogens with zero attached hydrogens (tertiary/aromatic N) is 3. The molecular formula is C18H16ClF2N3O2S. The highest BCUT2D eigenvalue weighted by atomic mass is 35.5. The molecule has 0 fully saturated rings. The molecular weight excluding hydrogens is 396 g/mol. The third-order valence-electron chi connectivity index (χ3n) is 4.80. The Bertz CT molecular complexity index is 1120. The highest BCUT2D eigenvalue weighted by Gasteiger charge is 2.42. The van der Waals surface area contributed by atoms with Gasteiger partial charge < -0.3 is 4.90 Å². The van der Waals surface area contributed by atoms with E-state index in [1.54, 1.807) is 43.3 Å². The summed E-state index contributed by atoms with van der Waals surface area (Å²) in [4.78, 5) is 1.27. The van der Waals surface area contributed by atoms with Gasteiger partial charge in [0.05, 0.1) is 12.1 Å². The van der Waals surface area contributed by atoms with Gasteiger partial charge in [-0.15, -0.1) is 5.10 Å². The maximum Gasteiger partial charge on any atom is 0.285 e. The molecule has 0 saturated carbocycles. The van der Waals surface area contributed by atoms with Crippen LogP contribution in [0.2, 0.25) is 0 Å². The summed E-state index contributed by atoms with van der Waals surface area (Å²) < 4.78 is 53.7. The van der Waals surface area contributed by atoms with E-state index in [4.69, 9.17) is 11.6 Å². The first-order chi connectivity index (χ1) is 12.6. The lowest BCUT2D eigenvalue weighted by atomic mass is 10.0. The Balaban J connectivity index is 1.86. The third kappa shape index (κ3) is 2.87. The fourth-order valence-corrected chi connectivity index (χ4v) is 4.85. The first-order valence-corrected chi connectivity index (χ1v) is 10.1. The van der Waals surface area contributed by atoms with E-state index in [9.17, 15) is 17.2 Å². The van der Waals surface area contributed by atoms with Crippen LogP contribution < -0.4 is 4.90 Å². The van der Waals surface area contributed by atoms with Crippen molar-refractivity contribution in [2.45, 2.75) is 24.0 Å². The van der Waals surface area contributed by atoms with E-state index in [1.165, 1.54) is 17.2 Å². The van der Waals surface area contributed by atoms with Gasteiger partial charge >= 0.3 is 0 Å². The van der Waals surface area contributed by atoms with Crippen molar-refractivity contribution in [2.75, 3.05) is 11.4 Å².